The van der Waals surface area contributed by atoms with E-state index in [1.807, 2.05) is 13.8 Å². The first-order chi connectivity index (χ1) is 10.6. The van der Waals surface area contributed by atoms with Gasteiger partial charge in [-0.3, -0.25) is 9.69 Å². The SMILES string of the molecule is CC.CCC1CCN(CC(=O)N2CCC(C(C)C)CC2)CC1. The van der Waals surface area contributed by atoms with Crippen LogP contribution in [0.25, 0.3) is 0 Å². The monoisotopic (exact) mass is 310 g/mol. The van der Waals surface area contributed by atoms with Gasteiger partial charge >= 0.3 is 0 Å². The molecule has 2 heterocycles. The second kappa shape index (κ2) is 10.3. The van der Waals surface area contributed by atoms with Gasteiger partial charge in [0, 0.05) is 13.1 Å². The van der Waals surface area contributed by atoms with Crippen molar-refractivity contribution in [2.75, 3.05) is 32.7 Å². The molecule has 0 aromatic rings. The van der Waals surface area contributed by atoms with Crippen molar-refractivity contribution in [3.63, 3.8) is 0 Å². The zero-order valence-electron chi connectivity index (χ0n) is 15.6. The van der Waals surface area contributed by atoms with Gasteiger partial charge in [0.1, 0.15) is 0 Å². The summed E-state index contributed by atoms with van der Waals surface area (Å²) < 4.78 is 0. The van der Waals surface area contributed by atoms with Gasteiger partial charge < -0.3 is 4.90 Å². The van der Waals surface area contributed by atoms with Crippen LogP contribution in [0.15, 0.2) is 0 Å². The second-order valence-corrected chi connectivity index (χ2v) is 7.09. The predicted octanol–water partition coefficient (Wildman–Crippen LogP) is 4.03. The first-order valence-corrected chi connectivity index (χ1v) is 9.60. The third-order valence-corrected chi connectivity index (χ3v) is 5.48. The van der Waals surface area contributed by atoms with Gasteiger partial charge in [0.05, 0.1) is 6.54 Å². The van der Waals surface area contributed by atoms with E-state index in [9.17, 15) is 4.79 Å². The van der Waals surface area contributed by atoms with E-state index in [2.05, 4.69) is 30.6 Å². The lowest BCUT2D eigenvalue weighted by Crippen LogP contribution is -2.46. The summed E-state index contributed by atoms with van der Waals surface area (Å²) >= 11 is 0. The molecule has 0 unspecified atom stereocenters. The first-order valence-electron chi connectivity index (χ1n) is 9.60. The van der Waals surface area contributed by atoms with Gasteiger partial charge in [-0.05, 0) is 56.5 Å². The van der Waals surface area contributed by atoms with Gasteiger partial charge in [0.2, 0.25) is 5.91 Å². The lowest BCUT2D eigenvalue weighted by molar-refractivity contribution is -0.134. The largest absolute Gasteiger partial charge is 0.342 e. The van der Waals surface area contributed by atoms with E-state index >= 15 is 0 Å². The minimum absolute atomic E-state index is 0.363. The molecule has 2 saturated heterocycles. The van der Waals surface area contributed by atoms with E-state index in [4.69, 9.17) is 0 Å². The van der Waals surface area contributed by atoms with Crippen LogP contribution in [0.1, 0.15) is 66.7 Å². The topological polar surface area (TPSA) is 23.6 Å². The van der Waals surface area contributed by atoms with Gasteiger partial charge in [-0.25, -0.2) is 0 Å². The maximum Gasteiger partial charge on any atom is 0.236 e. The number of piperidine rings is 2. The highest BCUT2D eigenvalue weighted by Gasteiger charge is 2.26. The standard InChI is InChI=1S/C17H32N2O.C2H6/c1-4-15-5-9-18(10-6-15)13-17(20)19-11-7-16(8-12-19)14(2)3;1-2/h14-16H,4-13H2,1-3H3;1-2H3. The summed E-state index contributed by atoms with van der Waals surface area (Å²) in [7, 11) is 0. The molecule has 22 heavy (non-hydrogen) atoms. The summed E-state index contributed by atoms with van der Waals surface area (Å²) in [6, 6.07) is 0. The van der Waals surface area contributed by atoms with Crippen LogP contribution in [0.3, 0.4) is 0 Å². The third kappa shape index (κ3) is 5.91. The molecule has 2 aliphatic rings. The molecule has 0 bridgehead atoms. The van der Waals surface area contributed by atoms with Crippen molar-refractivity contribution >= 4 is 5.91 Å². The highest BCUT2D eigenvalue weighted by atomic mass is 16.2. The van der Waals surface area contributed by atoms with E-state index in [-0.39, 0.29) is 0 Å². The number of likely N-dealkylation sites (tertiary alicyclic amines) is 2. The van der Waals surface area contributed by atoms with E-state index in [0.717, 1.165) is 43.9 Å². The molecule has 3 nitrogen and oxygen atoms in total. The molecular formula is C19H38N2O. The molecule has 0 N–H and O–H groups in total. The number of carbonyl (C=O) groups is 1. The van der Waals surface area contributed by atoms with Crippen LogP contribution in [-0.2, 0) is 4.79 Å². The highest BCUT2D eigenvalue weighted by Crippen LogP contribution is 2.25. The van der Waals surface area contributed by atoms with Crippen LogP contribution in [0, 0.1) is 17.8 Å². The van der Waals surface area contributed by atoms with Gasteiger partial charge in [-0.2, -0.15) is 0 Å². The van der Waals surface area contributed by atoms with E-state index in [0.29, 0.717) is 12.5 Å². The Kier molecular flexibility index (Phi) is 9.08. The molecule has 0 saturated carbocycles. The van der Waals surface area contributed by atoms with Crippen LogP contribution in [0.2, 0.25) is 0 Å². The number of amides is 1. The van der Waals surface area contributed by atoms with Crippen LogP contribution < -0.4 is 0 Å². The van der Waals surface area contributed by atoms with Crippen molar-refractivity contribution in [3.05, 3.63) is 0 Å². The molecule has 2 rings (SSSR count). The van der Waals surface area contributed by atoms with Crippen LogP contribution in [0.5, 0.6) is 0 Å². The molecule has 0 aromatic heterocycles. The van der Waals surface area contributed by atoms with Crippen LogP contribution >= 0.6 is 0 Å². The van der Waals surface area contributed by atoms with Crippen LogP contribution in [0.4, 0.5) is 0 Å². The summed E-state index contributed by atoms with van der Waals surface area (Å²) in [5.41, 5.74) is 0. The molecule has 130 valence electrons. The summed E-state index contributed by atoms with van der Waals surface area (Å²) in [4.78, 5) is 16.8. The summed E-state index contributed by atoms with van der Waals surface area (Å²) in [6.07, 6.45) is 6.24. The van der Waals surface area contributed by atoms with Crippen molar-refractivity contribution in [1.29, 1.82) is 0 Å². The van der Waals surface area contributed by atoms with E-state index in [1.165, 1.54) is 32.1 Å². The number of carbonyl (C=O) groups excluding carboxylic acids is 1. The Labute approximate surface area is 138 Å². The van der Waals surface area contributed by atoms with E-state index in [1.54, 1.807) is 0 Å². The number of rotatable bonds is 4. The van der Waals surface area contributed by atoms with Gasteiger partial charge in [0.15, 0.2) is 0 Å². The summed E-state index contributed by atoms with van der Waals surface area (Å²) in [6.45, 7) is 15.7. The zero-order valence-corrected chi connectivity index (χ0v) is 15.6. The minimum atomic E-state index is 0.363. The molecule has 0 radical (unpaired) electrons. The lowest BCUT2D eigenvalue weighted by atomic mass is 9.87. The Hall–Kier alpha value is -0.570. The molecule has 0 spiro atoms. The fourth-order valence-corrected chi connectivity index (χ4v) is 3.66. The number of hydrogen-bond acceptors (Lipinski definition) is 2. The Morgan fingerprint density at radius 2 is 1.55 bits per heavy atom. The second-order valence-electron chi connectivity index (χ2n) is 7.09. The first kappa shape index (κ1) is 19.5. The Morgan fingerprint density at radius 3 is 2.00 bits per heavy atom. The Morgan fingerprint density at radius 1 is 1.00 bits per heavy atom. The number of nitrogens with zero attached hydrogens (tertiary/aromatic N) is 2. The fraction of sp³-hybridized carbons (Fsp3) is 0.947. The quantitative estimate of drug-likeness (QED) is 0.782. The Bertz CT molecular complexity index is 301. The minimum Gasteiger partial charge on any atom is -0.342 e. The van der Waals surface area contributed by atoms with Crippen molar-refractivity contribution < 1.29 is 4.79 Å². The molecule has 3 heteroatoms. The zero-order chi connectivity index (χ0) is 16.5. The maximum atomic E-state index is 12.4. The van der Waals surface area contributed by atoms with E-state index < -0.39 is 0 Å². The Balaban J connectivity index is 0.00000116. The average Bonchev–Trinajstić information content (AvgIpc) is 2.57. The van der Waals surface area contributed by atoms with Crippen molar-refractivity contribution in [1.82, 2.24) is 9.80 Å². The number of hydrogen-bond donors (Lipinski definition) is 0. The lowest BCUT2D eigenvalue weighted by Gasteiger charge is -2.36. The molecule has 0 atom stereocenters. The summed E-state index contributed by atoms with van der Waals surface area (Å²) in [5.74, 6) is 2.84. The molecule has 2 fully saturated rings. The summed E-state index contributed by atoms with van der Waals surface area (Å²) in [5, 5.41) is 0. The average molecular weight is 311 g/mol. The predicted molar refractivity (Wildman–Crippen MR) is 94.9 cm³/mol. The van der Waals surface area contributed by atoms with Gasteiger partial charge in [-0.1, -0.05) is 41.0 Å². The smallest absolute Gasteiger partial charge is 0.236 e. The molecule has 0 aromatic carbocycles. The van der Waals surface area contributed by atoms with Gasteiger partial charge in [0.25, 0.3) is 0 Å². The normalized spacial score (nSPS) is 21.6. The fourth-order valence-electron chi connectivity index (χ4n) is 3.66. The van der Waals surface area contributed by atoms with Crippen LogP contribution in [-0.4, -0.2) is 48.4 Å². The van der Waals surface area contributed by atoms with Crippen molar-refractivity contribution in [2.45, 2.75) is 66.7 Å². The van der Waals surface area contributed by atoms with Gasteiger partial charge in [-0.15, -0.1) is 0 Å². The molecular weight excluding hydrogens is 272 g/mol. The highest BCUT2D eigenvalue weighted by molar-refractivity contribution is 5.78. The van der Waals surface area contributed by atoms with Crippen molar-refractivity contribution in [3.8, 4) is 0 Å². The molecule has 1 amide bonds. The molecule has 2 aliphatic heterocycles. The maximum absolute atomic E-state index is 12.4. The van der Waals surface area contributed by atoms with Crippen molar-refractivity contribution in [2.24, 2.45) is 17.8 Å². The molecule has 0 aliphatic carbocycles. The third-order valence-electron chi connectivity index (χ3n) is 5.48.